The minimum atomic E-state index is -0.703. The predicted molar refractivity (Wildman–Crippen MR) is 248 cm³/mol. The molecular weight excluding hydrogens is 853 g/mol. The van der Waals surface area contributed by atoms with Gasteiger partial charge in [0.15, 0.2) is 0 Å². The van der Waals surface area contributed by atoms with Crippen LogP contribution in [0.4, 0.5) is 9.59 Å². The number of carbonyl (C=O) groups excluding carboxylic acids is 4. The molecule has 16 nitrogen and oxygen atoms in total. The number of imidazole rings is 2. The number of nitrogens with one attached hydrogen (secondary N) is 4. The molecule has 16 heteroatoms. The van der Waals surface area contributed by atoms with Gasteiger partial charge in [-0.05, 0) is 126 Å². The molecule has 0 radical (unpaired) electrons. The quantitative estimate of drug-likeness (QED) is 0.115. The first-order valence-corrected chi connectivity index (χ1v) is 24.3. The number of aromatic amines is 2. The van der Waals surface area contributed by atoms with E-state index in [1.165, 1.54) is 14.2 Å². The summed E-state index contributed by atoms with van der Waals surface area (Å²) in [6, 6.07) is 12.8. The molecule has 2 saturated carbocycles. The molecule has 2 aliphatic carbocycles. The van der Waals surface area contributed by atoms with Crippen LogP contribution in [0.25, 0.3) is 33.6 Å². The number of nitrogens with zero attached hydrogens (tertiary/aromatic N) is 4. The van der Waals surface area contributed by atoms with E-state index in [9.17, 15) is 19.2 Å². The first-order valence-electron chi connectivity index (χ1n) is 24.3. The maximum Gasteiger partial charge on any atom is 0.407 e. The number of aryl methyl sites for hydroxylation is 1. The van der Waals surface area contributed by atoms with Crippen LogP contribution < -0.4 is 10.6 Å². The number of hydrogen-bond acceptors (Lipinski definition) is 10. The highest BCUT2D eigenvalue weighted by atomic mass is 16.5. The minimum absolute atomic E-state index is 0.0162. The Kier molecular flexibility index (Phi) is 12.1. The van der Waals surface area contributed by atoms with E-state index in [-0.39, 0.29) is 59.0 Å². The molecule has 6 heterocycles. The molecule has 0 unspecified atom stereocenters. The summed E-state index contributed by atoms with van der Waals surface area (Å²) in [5, 5.41) is 5.81. The Morgan fingerprint density at radius 3 is 1.60 bits per heavy atom. The predicted octanol–water partition coefficient (Wildman–Crippen LogP) is 7.91. The second-order valence-corrected chi connectivity index (χ2v) is 20.1. The topological polar surface area (TPSA) is 193 Å². The number of aromatic nitrogens is 4. The number of H-pyrrole nitrogens is 2. The van der Waals surface area contributed by atoms with Gasteiger partial charge in [-0.3, -0.25) is 9.59 Å². The van der Waals surface area contributed by atoms with E-state index in [1.807, 2.05) is 22.2 Å². The number of alkyl carbamates (subject to hydrolysis) is 2. The lowest BCUT2D eigenvalue weighted by atomic mass is 9.86. The molecule has 67 heavy (non-hydrogen) atoms. The van der Waals surface area contributed by atoms with Crippen molar-refractivity contribution >= 4 is 24.0 Å². The van der Waals surface area contributed by atoms with Crippen LogP contribution in [0.3, 0.4) is 0 Å². The van der Waals surface area contributed by atoms with E-state index in [2.05, 4.69) is 83.8 Å². The van der Waals surface area contributed by atoms with Gasteiger partial charge in [0.2, 0.25) is 11.8 Å². The average Bonchev–Trinajstić information content (AvgIpc) is 3.87. The van der Waals surface area contributed by atoms with Crippen LogP contribution in [-0.4, -0.2) is 117 Å². The number of likely N-dealkylation sites (tertiary alicyclic amines) is 2. The number of ether oxygens (including phenoxy) is 4. The molecule has 4 aromatic rings. The largest absolute Gasteiger partial charge is 0.453 e. The van der Waals surface area contributed by atoms with Gasteiger partial charge in [-0.25, -0.2) is 19.6 Å². The zero-order valence-corrected chi connectivity index (χ0v) is 39.3. The van der Waals surface area contributed by atoms with Crippen LogP contribution in [0.5, 0.6) is 0 Å². The summed E-state index contributed by atoms with van der Waals surface area (Å²) in [5.74, 6) is 1.20. The van der Waals surface area contributed by atoms with Crippen LogP contribution in [0, 0.1) is 18.8 Å². The summed E-state index contributed by atoms with van der Waals surface area (Å²) >= 11 is 0. The van der Waals surface area contributed by atoms with Crippen LogP contribution >= 0.6 is 0 Å². The molecule has 4 aliphatic heterocycles. The summed E-state index contributed by atoms with van der Waals surface area (Å²) in [4.78, 5) is 74.8. The zero-order valence-electron chi connectivity index (χ0n) is 39.3. The zero-order chi connectivity index (χ0) is 46.6. The summed E-state index contributed by atoms with van der Waals surface area (Å²) in [6.45, 7) is 7.38. The van der Waals surface area contributed by atoms with Gasteiger partial charge in [0, 0.05) is 48.8 Å². The average molecular weight is 917 g/mol. The Hall–Kier alpha value is -5.74. The highest BCUT2D eigenvalue weighted by molar-refractivity contribution is 5.88. The van der Waals surface area contributed by atoms with E-state index in [4.69, 9.17) is 28.9 Å². The molecule has 4 amide bonds. The molecule has 0 bridgehead atoms. The van der Waals surface area contributed by atoms with Crippen LogP contribution in [-0.2, 0) is 28.5 Å². The van der Waals surface area contributed by atoms with Gasteiger partial charge >= 0.3 is 12.2 Å². The van der Waals surface area contributed by atoms with Crippen molar-refractivity contribution in [2.45, 2.75) is 145 Å². The second-order valence-electron chi connectivity index (χ2n) is 20.1. The van der Waals surface area contributed by atoms with Gasteiger partial charge in [-0.1, -0.05) is 42.5 Å². The number of hydrogen-bond donors (Lipinski definition) is 4. The Labute approximate surface area is 391 Å². The molecule has 2 aromatic heterocycles. The summed E-state index contributed by atoms with van der Waals surface area (Å²) in [5.41, 5.74) is 6.44. The fourth-order valence-electron chi connectivity index (χ4n) is 11.6. The van der Waals surface area contributed by atoms with Crippen LogP contribution in [0.1, 0.15) is 120 Å². The maximum absolute atomic E-state index is 14.5. The summed E-state index contributed by atoms with van der Waals surface area (Å²) < 4.78 is 22.1. The van der Waals surface area contributed by atoms with Crippen molar-refractivity contribution in [2.24, 2.45) is 11.8 Å². The molecule has 356 valence electrons. The Morgan fingerprint density at radius 1 is 0.657 bits per heavy atom. The molecule has 4 saturated heterocycles. The first kappa shape index (κ1) is 45.1. The second kappa shape index (κ2) is 18.1. The maximum atomic E-state index is 14.5. The molecule has 6 aliphatic rings. The van der Waals surface area contributed by atoms with Gasteiger partial charge in [-0.15, -0.1) is 0 Å². The summed E-state index contributed by atoms with van der Waals surface area (Å²) in [6.07, 6.45) is 12.7. The molecular formula is C51H64N8O8. The van der Waals surface area contributed by atoms with E-state index in [0.717, 1.165) is 115 Å². The lowest BCUT2D eigenvalue weighted by molar-refractivity contribution is -0.140. The molecule has 4 N–H and O–H groups in total. The minimum Gasteiger partial charge on any atom is -0.453 e. The third kappa shape index (κ3) is 8.94. The molecule has 2 spiro atoms. The van der Waals surface area contributed by atoms with Crippen LogP contribution in [0.2, 0.25) is 0 Å². The standard InChI is InChI=1S/C51H64N8O8/c1-29-24-34(12-13-37(29)39-28-53-45(55-39)41-15-7-31(3)59(41)47(61)43(57-49(63)65-5)36-17-23-67-51(26-36)20-21-51)32-8-10-33(11-9-32)38-27-52-44(54-38)40-14-6-30(2)58(40)46(60)42(56-48(62)64-4)35-16-22-66-50(25-35)18-19-50/h8-13,24,27-28,30-31,35-36,40-43H,6-7,14-23,25-26H2,1-5H3,(H,52,54)(H,53,55)(H,56,62)(H,57,63)/t30-,31-,35+,36+,40-,41-,42-,43-/m0/s1. The normalized spacial score (nSPS) is 26.8. The monoisotopic (exact) mass is 916 g/mol. The molecule has 8 atom stereocenters. The van der Waals surface area contributed by atoms with Crippen LogP contribution in [0.15, 0.2) is 54.9 Å². The number of methoxy groups -OCH3 is 2. The highest BCUT2D eigenvalue weighted by Crippen LogP contribution is 2.51. The molecule has 2 aromatic carbocycles. The SMILES string of the molecule is COC(=O)N[C@H](C(=O)N1[C@@H](C)CC[C@H]1c1nc(-c2ccc(-c3ccc(-c4c[nH]c([C@@H]5CC[C@H](C)N5C(=O)[C@@H](NC(=O)OC)[C@@H]5CCOC6(CC6)C5)n4)c(C)c3)cc2)c[nH]1)[C@@H]1CCOC2(CC2)C1. The highest BCUT2D eigenvalue weighted by Gasteiger charge is 2.53. The van der Waals surface area contributed by atoms with Crippen molar-refractivity contribution in [1.29, 1.82) is 0 Å². The van der Waals surface area contributed by atoms with E-state index >= 15 is 0 Å². The van der Waals surface area contributed by atoms with Crippen molar-refractivity contribution in [2.75, 3.05) is 27.4 Å². The van der Waals surface area contributed by atoms with Gasteiger partial charge in [0.1, 0.15) is 23.7 Å². The number of benzene rings is 2. The van der Waals surface area contributed by atoms with Crippen molar-refractivity contribution in [3.8, 4) is 33.6 Å². The summed E-state index contributed by atoms with van der Waals surface area (Å²) in [7, 11) is 2.66. The van der Waals surface area contributed by atoms with Crippen molar-refractivity contribution in [3.05, 3.63) is 72.1 Å². The lowest BCUT2D eigenvalue weighted by Gasteiger charge is -2.38. The fourth-order valence-corrected chi connectivity index (χ4v) is 11.6. The number of amides is 4. The first-order chi connectivity index (χ1) is 32.4. The smallest absolute Gasteiger partial charge is 0.407 e. The molecule has 10 rings (SSSR count). The van der Waals surface area contributed by atoms with Gasteiger partial charge < -0.3 is 49.3 Å². The molecule has 6 fully saturated rings. The van der Waals surface area contributed by atoms with Crippen molar-refractivity contribution < 1.29 is 38.1 Å². The Morgan fingerprint density at radius 2 is 1.12 bits per heavy atom. The van der Waals surface area contributed by atoms with Gasteiger partial charge in [0.25, 0.3) is 0 Å². The Balaban J connectivity index is 0.816. The van der Waals surface area contributed by atoms with Gasteiger partial charge in [-0.2, -0.15) is 0 Å². The van der Waals surface area contributed by atoms with Gasteiger partial charge in [0.05, 0.1) is 48.9 Å². The van der Waals surface area contributed by atoms with Crippen molar-refractivity contribution in [3.63, 3.8) is 0 Å². The fraction of sp³-hybridized carbons (Fsp3) is 0.569. The Bertz CT molecular complexity index is 2490. The van der Waals surface area contributed by atoms with E-state index < -0.39 is 24.3 Å². The van der Waals surface area contributed by atoms with E-state index in [0.29, 0.717) is 26.1 Å². The van der Waals surface area contributed by atoms with Crippen molar-refractivity contribution in [1.82, 2.24) is 40.4 Å². The third-order valence-electron chi connectivity index (χ3n) is 15.8. The van der Waals surface area contributed by atoms with E-state index in [1.54, 1.807) is 0 Å². The number of rotatable bonds is 11. The third-order valence-corrected chi connectivity index (χ3v) is 15.8. The lowest BCUT2D eigenvalue weighted by Crippen LogP contribution is -2.55. The number of carbonyl (C=O) groups is 4.